The third-order valence-electron chi connectivity index (χ3n) is 5.35. The van der Waals surface area contributed by atoms with Crippen LogP contribution >= 0.6 is 18.7 Å². The van der Waals surface area contributed by atoms with Crippen molar-refractivity contribution >= 4 is 40.9 Å². The number of anilines is 1. The molecule has 0 unspecified atom stereocenters. The lowest BCUT2D eigenvalue weighted by molar-refractivity contribution is 0.586. The highest BCUT2D eigenvalue weighted by Gasteiger charge is 2.21. The quantitative estimate of drug-likeness (QED) is 0.346. The van der Waals surface area contributed by atoms with Crippen LogP contribution in [-0.4, -0.2) is 33.3 Å². The Morgan fingerprint density at radius 2 is 1.86 bits per heavy atom. The van der Waals surface area contributed by atoms with E-state index in [-0.39, 0.29) is 33.1 Å². The van der Waals surface area contributed by atoms with Crippen LogP contribution in [0.25, 0.3) is 22.3 Å². The van der Waals surface area contributed by atoms with Crippen molar-refractivity contribution in [1.29, 1.82) is 5.26 Å². The number of aryl methyl sites for hydroxylation is 1. The second-order valence-corrected chi connectivity index (χ2v) is 11.9. The summed E-state index contributed by atoms with van der Waals surface area (Å²) in [6.45, 7) is 6.52. The first-order chi connectivity index (χ1) is 16.5. The molecule has 4 rings (SSSR count). The molecule has 1 N–H and O–H groups in total. The molecule has 35 heavy (non-hydrogen) atoms. The number of nitrogens with one attached hydrogen (secondary N) is 1. The first kappa shape index (κ1) is 24.6. The average Bonchev–Trinajstić information content (AvgIpc) is 2.81. The van der Waals surface area contributed by atoms with Gasteiger partial charge in [-0.25, -0.2) is 23.7 Å². The number of halogens is 3. The van der Waals surface area contributed by atoms with Crippen LogP contribution in [0.4, 0.5) is 14.5 Å². The van der Waals surface area contributed by atoms with Crippen LogP contribution < -0.4 is 10.8 Å². The largest absolute Gasteiger partial charge is 0.374 e. The van der Waals surface area contributed by atoms with Gasteiger partial charge in [0.1, 0.15) is 35.9 Å². The van der Waals surface area contributed by atoms with E-state index < -0.39 is 24.8 Å². The number of hydrogen-bond donors (Lipinski definition) is 1. The van der Waals surface area contributed by atoms with Crippen LogP contribution in [0, 0.1) is 29.9 Å². The van der Waals surface area contributed by atoms with Gasteiger partial charge < -0.3 is 9.88 Å². The Bertz CT molecular complexity index is 1550. The molecule has 0 spiro atoms. The lowest BCUT2D eigenvalue weighted by Crippen LogP contribution is -2.13. The average molecular weight is 513 g/mol. The van der Waals surface area contributed by atoms with Crippen LogP contribution in [0.2, 0.25) is 5.02 Å². The Morgan fingerprint density at radius 1 is 1.11 bits per heavy atom. The van der Waals surface area contributed by atoms with Crippen LogP contribution in [0.1, 0.15) is 30.0 Å². The maximum atomic E-state index is 15.0. The molecule has 4 aromatic heterocycles. The molecule has 0 bridgehead atoms. The molecule has 4 heterocycles. The molecule has 0 aliphatic carbocycles. The third-order valence-corrected chi connectivity index (χ3v) is 7.18. The van der Waals surface area contributed by atoms with Crippen molar-refractivity contribution in [3.8, 4) is 17.3 Å². The molecule has 0 aliphatic rings. The Kier molecular flexibility index (Phi) is 6.54. The van der Waals surface area contributed by atoms with Gasteiger partial charge in [-0.15, -0.1) is 0 Å². The predicted molar refractivity (Wildman–Crippen MR) is 133 cm³/mol. The van der Waals surface area contributed by atoms with E-state index in [1.54, 1.807) is 39.3 Å². The number of pyridine rings is 4. The minimum atomic E-state index is -2.58. The monoisotopic (exact) mass is 512 g/mol. The zero-order valence-electron chi connectivity index (χ0n) is 19.3. The smallest absolute Gasteiger partial charge is 0.151 e. The topological polar surface area (TPSA) is 104 Å². The van der Waals surface area contributed by atoms with Gasteiger partial charge in [0, 0.05) is 17.8 Å². The summed E-state index contributed by atoms with van der Waals surface area (Å²) in [5, 5.41) is 12.5. The van der Waals surface area contributed by atoms with E-state index in [1.165, 1.54) is 24.4 Å². The molecular weight excluding hydrogens is 493 g/mol. The van der Waals surface area contributed by atoms with Crippen LogP contribution in [0.15, 0.2) is 36.5 Å². The van der Waals surface area contributed by atoms with Crippen molar-refractivity contribution in [2.75, 3.05) is 18.6 Å². The van der Waals surface area contributed by atoms with Crippen LogP contribution in [0.5, 0.6) is 0 Å². The van der Waals surface area contributed by atoms with Gasteiger partial charge in [0.2, 0.25) is 0 Å². The van der Waals surface area contributed by atoms with E-state index in [4.69, 9.17) is 16.9 Å². The fourth-order valence-electron chi connectivity index (χ4n) is 3.55. The summed E-state index contributed by atoms with van der Waals surface area (Å²) in [7, 11) is -2.58. The summed E-state index contributed by atoms with van der Waals surface area (Å²) in [6.07, 6.45) is 1.41. The van der Waals surface area contributed by atoms with Crippen molar-refractivity contribution in [3.63, 3.8) is 0 Å². The summed E-state index contributed by atoms with van der Waals surface area (Å²) in [5.41, 5.74) is 2.16. The van der Waals surface area contributed by atoms with Crippen molar-refractivity contribution < 1.29 is 13.3 Å². The molecule has 4 aromatic rings. The van der Waals surface area contributed by atoms with Crippen molar-refractivity contribution in [2.45, 2.75) is 19.9 Å². The van der Waals surface area contributed by atoms with Gasteiger partial charge in [-0.1, -0.05) is 11.6 Å². The minimum absolute atomic E-state index is 0.00629. The molecule has 0 aliphatic heterocycles. The number of aromatic nitrogens is 4. The van der Waals surface area contributed by atoms with Gasteiger partial charge >= 0.3 is 0 Å². The van der Waals surface area contributed by atoms with Gasteiger partial charge in [-0.05, 0) is 51.4 Å². The molecular formula is C24H20ClF2N6OP. The van der Waals surface area contributed by atoms with Crippen molar-refractivity contribution in [1.82, 2.24) is 19.9 Å². The molecule has 0 saturated carbocycles. The second kappa shape index (κ2) is 9.29. The van der Waals surface area contributed by atoms with E-state index in [9.17, 15) is 8.96 Å². The predicted octanol–water partition coefficient (Wildman–Crippen LogP) is 5.62. The van der Waals surface area contributed by atoms with Crippen molar-refractivity contribution in [2.24, 2.45) is 0 Å². The third kappa shape index (κ3) is 4.86. The molecule has 7 nitrogen and oxygen atoms in total. The molecule has 0 amide bonds. The molecule has 0 fully saturated rings. The standard InChI is InChI=1S/C24H20ClF2N6OP/c1-12-20(25)24(31-13(2)21-16(26)7-6-15(10-28)32-21)23-18(30-12)9-17(27)22(33-23)14-5-8-19(29-11-14)35(3,4)34/h5-9,11,13H,1-4H3,(H,30,31)/t13-/m1/s1. The molecule has 0 saturated heterocycles. The molecule has 178 valence electrons. The highest BCUT2D eigenvalue weighted by molar-refractivity contribution is 7.69. The molecule has 0 aromatic carbocycles. The Balaban J connectivity index is 1.84. The Labute approximate surface area is 205 Å². The highest BCUT2D eigenvalue weighted by Crippen LogP contribution is 2.37. The van der Waals surface area contributed by atoms with Crippen LogP contribution in [0.3, 0.4) is 0 Å². The first-order valence-electron chi connectivity index (χ1n) is 10.5. The molecule has 11 heteroatoms. The van der Waals surface area contributed by atoms with E-state index in [2.05, 4.69) is 25.3 Å². The highest BCUT2D eigenvalue weighted by atomic mass is 35.5. The summed E-state index contributed by atoms with van der Waals surface area (Å²) in [6, 6.07) is 8.07. The van der Waals surface area contributed by atoms with Crippen molar-refractivity contribution in [3.05, 3.63) is 70.3 Å². The van der Waals surface area contributed by atoms with Gasteiger partial charge in [0.25, 0.3) is 0 Å². The molecule has 1 atom stereocenters. The van der Waals surface area contributed by atoms with E-state index in [0.717, 1.165) is 0 Å². The van der Waals surface area contributed by atoms with E-state index in [0.29, 0.717) is 22.4 Å². The molecule has 0 radical (unpaired) electrons. The van der Waals surface area contributed by atoms with Gasteiger partial charge in [-0.2, -0.15) is 5.26 Å². The van der Waals surface area contributed by atoms with Gasteiger partial charge in [-0.3, -0.25) is 4.98 Å². The number of nitriles is 1. The lowest BCUT2D eigenvalue weighted by Gasteiger charge is -2.19. The fraction of sp³-hybridized carbons (Fsp3) is 0.208. The zero-order valence-corrected chi connectivity index (χ0v) is 20.9. The normalized spacial score (nSPS) is 12.4. The summed E-state index contributed by atoms with van der Waals surface area (Å²) < 4.78 is 41.8. The number of hydrogen-bond acceptors (Lipinski definition) is 7. The minimum Gasteiger partial charge on any atom is -0.374 e. The maximum absolute atomic E-state index is 15.0. The van der Waals surface area contributed by atoms with E-state index >= 15 is 4.39 Å². The van der Waals surface area contributed by atoms with Gasteiger partial charge in [0.15, 0.2) is 5.82 Å². The second-order valence-electron chi connectivity index (χ2n) is 8.37. The number of fused-ring (bicyclic) bond motifs is 1. The van der Waals surface area contributed by atoms with Crippen LogP contribution in [-0.2, 0) is 4.57 Å². The SMILES string of the molecule is Cc1nc2cc(F)c(-c3ccc(P(C)(C)=O)nc3)nc2c(N[C@H](C)c2nc(C#N)ccc2F)c1Cl. The van der Waals surface area contributed by atoms with Gasteiger partial charge in [0.05, 0.1) is 39.1 Å². The fourth-order valence-corrected chi connectivity index (χ4v) is 4.51. The summed E-state index contributed by atoms with van der Waals surface area (Å²) >= 11 is 6.54. The maximum Gasteiger partial charge on any atom is 0.151 e. The first-order valence-corrected chi connectivity index (χ1v) is 13.5. The number of nitrogens with zero attached hydrogens (tertiary/aromatic N) is 5. The van der Waals surface area contributed by atoms with E-state index in [1.807, 2.05) is 6.07 Å². The lowest BCUT2D eigenvalue weighted by atomic mass is 10.1. The Morgan fingerprint density at radius 3 is 2.49 bits per heavy atom. The summed E-state index contributed by atoms with van der Waals surface area (Å²) in [5.74, 6) is -1.21. The Hall–Kier alpha value is -3.47. The summed E-state index contributed by atoms with van der Waals surface area (Å²) in [4.78, 5) is 17.1. The zero-order chi connectivity index (χ0) is 25.5. The number of rotatable bonds is 5.